The van der Waals surface area contributed by atoms with Crippen molar-refractivity contribution in [3.63, 3.8) is 0 Å². The molecule has 9 heteroatoms. The van der Waals surface area contributed by atoms with Gasteiger partial charge in [-0.2, -0.15) is 5.10 Å². The van der Waals surface area contributed by atoms with E-state index < -0.39 is 5.60 Å². The number of aryl methyl sites for hydroxylation is 2. The van der Waals surface area contributed by atoms with Gasteiger partial charge in [-0.1, -0.05) is 12.1 Å². The molecule has 1 aliphatic rings. The van der Waals surface area contributed by atoms with Crippen LogP contribution in [0.3, 0.4) is 0 Å². The second-order valence-corrected chi connectivity index (χ2v) is 9.20. The van der Waals surface area contributed by atoms with E-state index in [-0.39, 0.29) is 19.0 Å². The first-order valence-corrected chi connectivity index (χ1v) is 12.1. The first-order chi connectivity index (χ1) is 17.4. The number of halogens is 1. The van der Waals surface area contributed by atoms with Crippen molar-refractivity contribution in [3.05, 3.63) is 71.8 Å². The zero-order chi connectivity index (χ0) is 25.4. The van der Waals surface area contributed by atoms with E-state index in [9.17, 15) is 9.50 Å². The summed E-state index contributed by atoms with van der Waals surface area (Å²) in [6.45, 7) is 5.62. The Hall–Kier alpha value is -3.14. The lowest BCUT2D eigenvalue weighted by molar-refractivity contribution is -0.0647. The number of aliphatic hydroxyl groups is 1. The van der Waals surface area contributed by atoms with E-state index >= 15 is 0 Å². The van der Waals surface area contributed by atoms with Crippen LogP contribution in [-0.2, 0) is 17.8 Å². The Kier molecular flexibility index (Phi) is 8.79. The number of nitrogens with zero attached hydrogens (tertiary/aromatic N) is 3. The molecule has 2 heterocycles. The van der Waals surface area contributed by atoms with Gasteiger partial charge in [0.25, 0.3) is 0 Å². The van der Waals surface area contributed by atoms with Crippen LogP contribution in [0.1, 0.15) is 17.5 Å². The zero-order valence-electron chi connectivity index (χ0n) is 20.9. The predicted molar refractivity (Wildman–Crippen MR) is 133 cm³/mol. The smallest absolute Gasteiger partial charge is 0.161 e. The van der Waals surface area contributed by atoms with Crippen LogP contribution in [-0.4, -0.2) is 72.0 Å². The Balaban J connectivity index is 1.31. The van der Waals surface area contributed by atoms with E-state index in [1.165, 1.54) is 12.1 Å². The monoisotopic (exact) mass is 499 g/mol. The van der Waals surface area contributed by atoms with Gasteiger partial charge in [0, 0.05) is 44.9 Å². The highest BCUT2D eigenvalue weighted by molar-refractivity contribution is 5.43. The molecule has 1 aliphatic heterocycles. The lowest BCUT2D eigenvalue weighted by atomic mass is 10.1. The van der Waals surface area contributed by atoms with Crippen molar-refractivity contribution in [2.75, 3.05) is 46.6 Å². The number of aromatic nitrogens is 2. The van der Waals surface area contributed by atoms with Crippen LogP contribution in [0.15, 0.2) is 54.9 Å². The summed E-state index contributed by atoms with van der Waals surface area (Å²) in [5, 5.41) is 15.4. The average Bonchev–Trinajstić information content (AvgIpc) is 3.19. The fraction of sp³-hybridized carbons (Fsp3) is 0.444. The maximum atomic E-state index is 13.4. The Bertz CT molecular complexity index is 1120. The minimum absolute atomic E-state index is 0.00114. The van der Waals surface area contributed by atoms with Gasteiger partial charge in [-0.05, 0) is 42.3 Å². The van der Waals surface area contributed by atoms with Crippen molar-refractivity contribution >= 4 is 0 Å². The molecular formula is C27H34FN3O5. The van der Waals surface area contributed by atoms with Crippen LogP contribution in [0.4, 0.5) is 4.39 Å². The molecule has 1 aromatic heterocycles. The summed E-state index contributed by atoms with van der Waals surface area (Å²) in [4.78, 5) is 2.11. The summed E-state index contributed by atoms with van der Waals surface area (Å²) in [6, 6.07) is 11.8. The van der Waals surface area contributed by atoms with Crippen molar-refractivity contribution < 1.29 is 28.4 Å². The second kappa shape index (κ2) is 12.2. The van der Waals surface area contributed by atoms with Crippen molar-refractivity contribution in [2.24, 2.45) is 0 Å². The highest BCUT2D eigenvalue weighted by Crippen LogP contribution is 2.29. The molecule has 2 aromatic carbocycles. The molecule has 0 bridgehead atoms. The predicted octanol–water partition coefficient (Wildman–Crippen LogP) is 3.45. The van der Waals surface area contributed by atoms with E-state index in [1.54, 1.807) is 19.2 Å². The molecule has 0 amide bonds. The first-order valence-electron chi connectivity index (χ1n) is 12.1. The third-order valence-electron chi connectivity index (χ3n) is 5.93. The summed E-state index contributed by atoms with van der Waals surface area (Å²) < 4.78 is 38.2. The second-order valence-electron chi connectivity index (χ2n) is 9.20. The Labute approximate surface area is 211 Å². The number of benzene rings is 2. The first kappa shape index (κ1) is 25.9. The highest BCUT2D eigenvalue weighted by atomic mass is 19.1. The SMILES string of the molecule is COc1cc(CN2CCOCC(O)(COc3cccc(F)c3)C2)ccc1OCCCn1cc(C)cn1. The Morgan fingerprint density at radius 3 is 2.83 bits per heavy atom. The lowest BCUT2D eigenvalue weighted by Crippen LogP contribution is -2.48. The molecule has 8 nitrogen and oxygen atoms in total. The largest absolute Gasteiger partial charge is 0.493 e. The minimum atomic E-state index is -1.22. The lowest BCUT2D eigenvalue weighted by Gasteiger charge is -2.30. The molecule has 3 aromatic rings. The molecule has 1 N–H and O–H groups in total. The van der Waals surface area contributed by atoms with Gasteiger partial charge in [-0.3, -0.25) is 9.58 Å². The topological polar surface area (TPSA) is 78.2 Å². The van der Waals surface area contributed by atoms with Crippen LogP contribution in [0, 0.1) is 12.7 Å². The Morgan fingerprint density at radius 2 is 2.06 bits per heavy atom. The normalized spacial score (nSPS) is 18.6. The fourth-order valence-electron chi connectivity index (χ4n) is 4.18. The molecule has 0 spiro atoms. The van der Waals surface area contributed by atoms with Gasteiger partial charge in [0.05, 0.1) is 33.1 Å². The van der Waals surface area contributed by atoms with Crippen LogP contribution < -0.4 is 14.2 Å². The van der Waals surface area contributed by atoms with E-state index in [4.69, 9.17) is 18.9 Å². The maximum absolute atomic E-state index is 13.4. The van der Waals surface area contributed by atoms with Crippen molar-refractivity contribution in [1.29, 1.82) is 0 Å². The molecule has 1 atom stereocenters. The van der Waals surface area contributed by atoms with Crippen LogP contribution in [0.5, 0.6) is 17.2 Å². The van der Waals surface area contributed by atoms with Gasteiger partial charge in [0.15, 0.2) is 11.5 Å². The number of rotatable bonds is 11. The molecule has 0 saturated carbocycles. The van der Waals surface area contributed by atoms with Gasteiger partial charge in [-0.15, -0.1) is 0 Å². The van der Waals surface area contributed by atoms with Crippen molar-refractivity contribution in [1.82, 2.24) is 14.7 Å². The van der Waals surface area contributed by atoms with Crippen LogP contribution in [0.2, 0.25) is 0 Å². The zero-order valence-corrected chi connectivity index (χ0v) is 20.9. The number of ether oxygens (including phenoxy) is 4. The molecule has 1 saturated heterocycles. The number of hydrogen-bond donors (Lipinski definition) is 1. The van der Waals surface area contributed by atoms with Crippen molar-refractivity contribution in [2.45, 2.75) is 32.0 Å². The Morgan fingerprint density at radius 1 is 1.17 bits per heavy atom. The molecule has 36 heavy (non-hydrogen) atoms. The molecule has 1 unspecified atom stereocenters. The highest BCUT2D eigenvalue weighted by Gasteiger charge is 2.33. The molecule has 194 valence electrons. The molecule has 0 radical (unpaired) electrons. The molecule has 0 aliphatic carbocycles. The van der Waals surface area contributed by atoms with E-state index in [0.29, 0.717) is 50.1 Å². The average molecular weight is 500 g/mol. The van der Waals surface area contributed by atoms with Gasteiger partial charge in [0.1, 0.15) is 23.8 Å². The molecular weight excluding hydrogens is 465 g/mol. The quantitative estimate of drug-likeness (QED) is 0.405. The number of methoxy groups -OCH3 is 1. The van der Waals surface area contributed by atoms with Gasteiger partial charge < -0.3 is 24.1 Å². The number of hydrogen-bond acceptors (Lipinski definition) is 7. The third-order valence-corrected chi connectivity index (χ3v) is 5.93. The standard InChI is InChI=1S/C27H34FN3O5/c1-21-15-29-31(16-21)9-4-11-35-25-8-7-22(13-26(25)33-2)17-30-10-12-34-19-27(32,18-30)20-36-24-6-3-5-23(28)14-24/h3,5-8,13-16,32H,4,9-12,17-20H2,1-2H3. The minimum Gasteiger partial charge on any atom is -0.493 e. The maximum Gasteiger partial charge on any atom is 0.161 e. The van der Waals surface area contributed by atoms with Gasteiger partial charge in [0.2, 0.25) is 0 Å². The van der Waals surface area contributed by atoms with Crippen molar-refractivity contribution in [3.8, 4) is 17.2 Å². The summed E-state index contributed by atoms with van der Waals surface area (Å²) in [5.41, 5.74) is 0.950. The third kappa shape index (κ3) is 7.43. The summed E-state index contributed by atoms with van der Waals surface area (Å²) >= 11 is 0. The summed E-state index contributed by atoms with van der Waals surface area (Å²) in [6.07, 6.45) is 4.69. The van der Waals surface area contributed by atoms with E-state index in [2.05, 4.69) is 10.00 Å². The molecule has 4 rings (SSSR count). The molecule has 1 fully saturated rings. The fourth-order valence-corrected chi connectivity index (χ4v) is 4.18. The van der Waals surface area contributed by atoms with E-state index in [0.717, 1.165) is 24.1 Å². The summed E-state index contributed by atoms with van der Waals surface area (Å²) in [5.74, 6) is 1.35. The van der Waals surface area contributed by atoms with E-state index in [1.807, 2.05) is 42.2 Å². The summed E-state index contributed by atoms with van der Waals surface area (Å²) in [7, 11) is 1.63. The van der Waals surface area contributed by atoms with Gasteiger partial charge >= 0.3 is 0 Å². The number of β-amino-alcohol motifs (C(OH)–C–C–N with tert-alkyl or cyclic N) is 1. The van der Waals surface area contributed by atoms with Gasteiger partial charge in [-0.25, -0.2) is 4.39 Å². The van der Waals surface area contributed by atoms with Crippen LogP contribution in [0.25, 0.3) is 0 Å². The van der Waals surface area contributed by atoms with Crippen LogP contribution >= 0.6 is 0 Å².